The molecule has 4 rings (SSSR count). The van der Waals surface area contributed by atoms with Crippen molar-refractivity contribution in [1.29, 1.82) is 0 Å². The van der Waals surface area contributed by atoms with Crippen molar-refractivity contribution in [2.24, 2.45) is 17.8 Å². The summed E-state index contributed by atoms with van der Waals surface area (Å²) in [4.78, 5) is 29.5. The lowest BCUT2D eigenvalue weighted by Gasteiger charge is -2.37. The van der Waals surface area contributed by atoms with Crippen molar-refractivity contribution in [2.75, 3.05) is 6.54 Å². The first-order chi connectivity index (χ1) is 17.2. The van der Waals surface area contributed by atoms with Crippen molar-refractivity contribution in [3.8, 4) is 0 Å². The molecule has 1 saturated carbocycles. The molecule has 0 spiro atoms. The molecule has 1 saturated heterocycles. The van der Waals surface area contributed by atoms with Gasteiger partial charge in [-0.1, -0.05) is 75.2 Å². The Morgan fingerprint density at radius 3 is 2.33 bits per heavy atom. The van der Waals surface area contributed by atoms with Gasteiger partial charge in [-0.15, -0.1) is 0 Å². The molecule has 1 aliphatic heterocycles. The highest BCUT2D eigenvalue weighted by molar-refractivity contribution is 7.83. The Balaban J connectivity index is 1.63. The third-order valence-electron chi connectivity index (χ3n) is 7.74. The van der Waals surface area contributed by atoms with E-state index in [0.29, 0.717) is 16.7 Å². The summed E-state index contributed by atoms with van der Waals surface area (Å²) in [5.41, 5.74) is 1.99. The molecule has 0 aromatic heterocycles. The Labute approximate surface area is 217 Å². The molecule has 1 unspecified atom stereocenters. The van der Waals surface area contributed by atoms with E-state index in [4.69, 9.17) is 4.74 Å². The number of rotatable bonds is 7. The highest BCUT2D eigenvalue weighted by Crippen LogP contribution is 2.37. The first-order valence-electron chi connectivity index (χ1n) is 13.0. The highest BCUT2D eigenvalue weighted by Gasteiger charge is 2.48. The molecular weight excluding hydrogens is 472 g/mol. The average Bonchev–Trinajstić information content (AvgIpc) is 3.21. The molecule has 2 aromatic rings. The van der Waals surface area contributed by atoms with Gasteiger partial charge in [-0.25, -0.2) is 18.1 Å². The fourth-order valence-electron chi connectivity index (χ4n) is 5.44. The Morgan fingerprint density at radius 1 is 1.03 bits per heavy atom. The minimum Gasteiger partial charge on any atom is -0.460 e. The molecule has 2 aliphatic rings. The number of benzene rings is 2. The first-order valence-corrected chi connectivity index (χ1v) is 14.1. The fourth-order valence-corrected chi connectivity index (χ4v) is 6.66. The lowest BCUT2D eigenvalue weighted by Crippen LogP contribution is -2.45. The summed E-state index contributed by atoms with van der Waals surface area (Å²) in [5.74, 6) is 0.706. The Hall–Kier alpha value is -2.67. The van der Waals surface area contributed by atoms with Gasteiger partial charge in [-0.3, -0.25) is 0 Å². The Kier molecular flexibility index (Phi) is 8.18. The highest BCUT2D eigenvalue weighted by atomic mass is 32.2. The van der Waals surface area contributed by atoms with E-state index < -0.39 is 29.0 Å². The third-order valence-corrected chi connectivity index (χ3v) is 9.18. The van der Waals surface area contributed by atoms with Crippen LogP contribution in [0.1, 0.15) is 64.1 Å². The van der Waals surface area contributed by atoms with Gasteiger partial charge in [0.15, 0.2) is 17.0 Å². The van der Waals surface area contributed by atoms with Gasteiger partial charge in [0.2, 0.25) is 0 Å². The van der Waals surface area contributed by atoms with Gasteiger partial charge < -0.3 is 9.64 Å². The summed E-state index contributed by atoms with van der Waals surface area (Å²) in [6.07, 6.45) is 2.79. The van der Waals surface area contributed by atoms with E-state index in [-0.39, 0.29) is 24.6 Å². The molecule has 1 aliphatic carbocycles. The maximum absolute atomic E-state index is 13.7. The van der Waals surface area contributed by atoms with Crippen LogP contribution < -0.4 is 0 Å². The number of carbonyl (C=O) groups is 2. The smallest absolute Gasteiger partial charge is 0.333 e. The van der Waals surface area contributed by atoms with E-state index in [1.807, 2.05) is 56.3 Å². The summed E-state index contributed by atoms with van der Waals surface area (Å²) >= 11 is 0. The van der Waals surface area contributed by atoms with Crippen LogP contribution in [0.5, 0.6) is 0 Å². The summed E-state index contributed by atoms with van der Waals surface area (Å²) in [6, 6.07) is 15.3. The van der Waals surface area contributed by atoms with Crippen molar-refractivity contribution in [1.82, 2.24) is 9.21 Å². The number of esters is 1. The van der Waals surface area contributed by atoms with Gasteiger partial charge in [0.1, 0.15) is 6.10 Å². The molecule has 0 N–H and O–H groups in total. The normalized spacial score (nSPS) is 26.2. The summed E-state index contributed by atoms with van der Waals surface area (Å²) in [7, 11) is -1.83. The lowest BCUT2D eigenvalue weighted by atomic mass is 9.75. The van der Waals surface area contributed by atoms with Gasteiger partial charge in [0.05, 0.1) is 17.5 Å². The minimum atomic E-state index is -1.83. The van der Waals surface area contributed by atoms with Crippen LogP contribution in [0, 0.1) is 24.7 Å². The van der Waals surface area contributed by atoms with Crippen molar-refractivity contribution < 1.29 is 18.5 Å². The Bertz CT molecular complexity index is 1090. The largest absolute Gasteiger partial charge is 0.460 e. The third kappa shape index (κ3) is 5.51. The van der Waals surface area contributed by atoms with E-state index in [2.05, 4.69) is 20.8 Å². The first kappa shape index (κ1) is 26.4. The lowest BCUT2D eigenvalue weighted by molar-refractivity contribution is -0.159. The van der Waals surface area contributed by atoms with E-state index in [1.165, 1.54) is 4.31 Å². The van der Waals surface area contributed by atoms with Crippen molar-refractivity contribution >= 4 is 23.0 Å². The monoisotopic (exact) mass is 510 g/mol. The predicted molar refractivity (Wildman–Crippen MR) is 141 cm³/mol. The predicted octanol–water partition coefficient (Wildman–Crippen LogP) is 5.89. The van der Waals surface area contributed by atoms with Crippen LogP contribution in [-0.4, -0.2) is 44.1 Å². The molecule has 2 amide bonds. The van der Waals surface area contributed by atoms with E-state index in [0.717, 1.165) is 30.4 Å². The van der Waals surface area contributed by atoms with Gasteiger partial charge in [-0.2, -0.15) is 0 Å². The molecular formula is C29H38N2O4S. The molecule has 0 radical (unpaired) electrons. The van der Waals surface area contributed by atoms with Gasteiger partial charge in [0.25, 0.3) is 0 Å². The van der Waals surface area contributed by atoms with E-state index >= 15 is 0 Å². The topological polar surface area (TPSA) is 66.9 Å². The van der Waals surface area contributed by atoms with Crippen LogP contribution in [0.15, 0.2) is 59.5 Å². The van der Waals surface area contributed by atoms with Crippen LogP contribution in [0.3, 0.4) is 0 Å². The fraction of sp³-hybridized carbons (Fsp3) is 0.517. The maximum atomic E-state index is 13.7. The van der Waals surface area contributed by atoms with Crippen LogP contribution >= 0.6 is 0 Å². The molecule has 2 aromatic carbocycles. The number of aryl methyl sites for hydroxylation is 1. The quantitative estimate of drug-likeness (QED) is 0.436. The van der Waals surface area contributed by atoms with E-state index in [1.54, 1.807) is 17.0 Å². The van der Waals surface area contributed by atoms with E-state index in [9.17, 15) is 13.8 Å². The zero-order valence-corrected chi connectivity index (χ0v) is 22.7. The molecule has 1 heterocycles. The number of hydrogen-bond acceptors (Lipinski definition) is 4. The molecule has 2 fully saturated rings. The molecule has 194 valence electrons. The zero-order chi connectivity index (χ0) is 26.0. The molecule has 7 heteroatoms. The SMILES string of the molecule is Cc1ccc(S(=O)N2C(=O)N([C@H](C)c3ccccc3)C[C@@H]2C(=O)O[C@@H]2C[C@H](C)CC[C@H]2C(C)C)cc1. The second-order valence-corrected chi connectivity index (χ2v) is 12.1. The molecule has 0 bridgehead atoms. The summed E-state index contributed by atoms with van der Waals surface area (Å²) in [5, 5.41) is 0. The van der Waals surface area contributed by atoms with Crippen LogP contribution in [0.25, 0.3) is 0 Å². The zero-order valence-electron chi connectivity index (χ0n) is 21.9. The number of hydrogen-bond donors (Lipinski definition) is 0. The minimum absolute atomic E-state index is 0.139. The van der Waals surface area contributed by atoms with Gasteiger partial charge in [0, 0.05) is 0 Å². The molecule has 6 atom stereocenters. The summed E-state index contributed by atoms with van der Waals surface area (Å²) in [6.45, 7) is 10.6. The number of urea groups is 1. The number of nitrogens with zero attached hydrogens (tertiary/aromatic N) is 2. The van der Waals surface area contributed by atoms with Crippen molar-refractivity contribution in [3.05, 3.63) is 65.7 Å². The van der Waals surface area contributed by atoms with Crippen LogP contribution in [0.2, 0.25) is 0 Å². The standard InChI is InChI=1S/C29H38N2O4S/c1-19(2)25-16-13-21(4)17-27(25)35-28(32)26-18-30(22(5)23-9-7-6-8-10-23)29(33)31(26)36(34)24-14-11-20(3)12-15-24/h6-12,14-15,19,21-22,25-27H,13,16-18H2,1-5H3/t21-,22-,25+,26-,27-,36?/m1/s1. The van der Waals surface area contributed by atoms with Gasteiger partial charge >= 0.3 is 12.0 Å². The summed E-state index contributed by atoms with van der Waals surface area (Å²) < 4.78 is 21.1. The number of carbonyl (C=O) groups excluding carboxylic acids is 2. The average molecular weight is 511 g/mol. The van der Waals surface area contributed by atoms with Crippen molar-refractivity contribution in [3.63, 3.8) is 0 Å². The van der Waals surface area contributed by atoms with Crippen LogP contribution in [-0.2, 0) is 20.5 Å². The van der Waals surface area contributed by atoms with Crippen LogP contribution in [0.4, 0.5) is 4.79 Å². The van der Waals surface area contributed by atoms with Crippen molar-refractivity contribution in [2.45, 2.75) is 77.0 Å². The second-order valence-electron chi connectivity index (χ2n) is 10.7. The molecule has 36 heavy (non-hydrogen) atoms. The maximum Gasteiger partial charge on any atom is 0.333 e. The second kappa shape index (κ2) is 11.2. The number of ether oxygens (including phenoxy) is 1. The number of amides is 2. The molecule has 6 nitrogen and oxygen atoms in total. The Morgan fingerprint density at radius 2 is 1.69 bits per heavy atom. The van der Waals surface area contributed by atoms with Gasteiger partial charge in [-0.05, 0) is 62.1 Å².